The lowest BCUT2D eigenvalue weighted by Gasteiger charge is -2.17. The van der Waals surface area contributed by atoms with Gasteiger partial charge in [0, 0.05) is 39.6 Å². The molecule has 0 atom stereocenters. The van der Waals surface area contributed by atoms with Crippen LogP contribution in [-0.2, 0) is 4.79 Å². The van der Waals surface area contributed by atoms with Crippen molar-refractivity contribution in [1.29, 1.82) is 0 Å². The number of hydrogen-bond donors (Lipinski definition) is 2. The number of hydrogen-bond acceptors (Lipinski definition) is 4. The van der Waals surface area contributed by atoms with Crippen LogP contribution in [0.5, 0.6) is 0 Å². The summed E-state index contributed by atoms with van der Waals surface area (Å²) in [5, 5.41) is 2.95. The Balaban J connectivity index is 2.95. The van der Waals surface area contributed by atoms with Crippen molar-refractivity contribution in [3.63, 3.8) is 0 Å². The molecular weight excluding hydrogens is 244 g/mol. The van der Waals surface area contributed by atoms with Crippen LogP contribution in [0.25, 0.3) is 0 Å². The third kappa shape index (κ3) is 3.87. The van der Waals surface area contributed by atoms with Crippen LogP contribution < -0.4 is 11.1 Å². The number of rotatable bonds is 4. The Morgan fingerprint density at radius 2 is 1.79 bits per heavy atom. The third-order valence-corrected chi connectivity index (χ3v) is 2.61. The van der Waals surface area contributed by atoms with Crippen molar-refractivity contribution in [1.82, 2.24) is 9.80 Å². The van der Waals surface area contributed by atoms with Crippen LogP contribution in [-0.4, -0.2) is 56.3 Å². The average molecular weight is 264 g/mol. The fourth-order valence-electron chi connectivity index (χ4n) is 1.46. The molecular formula is C13H20N4O2. The van der Waals surface area contributed by atoms with Crippen molar-refractivity contribution in [2.24, 2.45) is 0 Å². The number of carbonyl (C=O) groups is 2. The second-order valence-corrected chi connectivity index (χ2v) is 4.65. The van der Waals surface area contributed by atoms with E-state index in [0.29, 0.717) is 16.9 Å². The highest BCUT2D eigenvalue weighted by molar-refractivity contribution is 6.00. The van der Waals surface area contributed by atoms with Gasteiger partial charge in [-0.15, -0.1) is 0 Å². The van der Waals surface area contributed by atoms with Crippen LogP contribution in [0.1, 0.15) is 10.4 Å². The molecule has 0 heterocycles. The molecule has 2 amide bonds. The molecule has 1 rings (SSSR count). The number of anilines is 2. The van der Waals surface area contributed by atoms with E-state index in [1.807, 2.05) is 0 Å². The SMILES string of the molecule is CN(C)C(=O)CNc1cc(N)ccc1C(=O)N(C)C. The third-order valence-electron chi connectivity index (χ3n) is 2.61. The summed E-state index contributed by atoms with van der Waals surface area (Å²) < 4.78 is 0. The minimum absolute atomic E-state index is 0.0781. The molecule has 0 spiro atoms. The smallest absolute Gasteiger partial charge is 0.255 e. The summed E-state index contributed by atoms with van der Waals surface area (Å²) in [4.78, 5) is 26.5. The van der Waals surface area contributed by atoms with E-state index >= 15 is 0 Å². The van der Waals surface area contributed by atoms with Crippen molar-refractivity contribution in [2.75, 3.05) is 45.8 Å². The number of benzene rings is 1. The standard InChI is InChI=1S/C13H20N4O2/c1-16(2)12(18)8-15-11-7-9(14)5-6-10(11)13(19)17(3)4/h5-7,15H,8,14H2,1-4H3. The number of nitrogens with zero attached hydrogens (tertiary/aromatic N) is 2. The summed E-state index contributed by atoms with van der Waals surface area (Å²) in [5.74, 6) is -0.217. The van der Waals surface area contributed by atoms with Gasteiger partial charge in [-0.05, 0) is 18.2 Å². The van der Waals surface area contributed by atoms with Crippen LogP contribution in [0.4, 0.5) is 11.4 Å². The molecule has 0 aromatic heterocycles. The second-order valence-electron chi connectivity index (χ2n) is 4.65. The summed E-state index contributed by atoms with van der Waals surface area (Å²) in [5.41, 5.74) is 7.30. The number of amides is 2. The minimum atomic E-state index is -0.139. The van der Waals surface area contributed by atoms with Crippen molar-refractivity contribution in [3.05, 3.63) is 23.8 Å². The van der Waals surface area contributed by atoms with E-state index in [9.17, 15) is 9.59 Å². The first-order valence-corrected chi connectivity index (χ1v) is 5.88. The summed E-state index contributed by atoms with van der Waals surface area (Å²) in [7, 11) is 6.70. The predicted molar refractivity (Wildman–Crippen MR) is 76.1 cm³/mol. The van der Waals surface area contributed by atoms with Crippen molar-refractivity contribution < 1.29 is 9.59 Å². The van der Waals surface area contributed by atoms with Gasteiger partial charge in [0.05, 0.1) is 12.1 Å². The predicted octanol–water partition coefficient (Wildman–Crippen LogP) is 0.471. The number of nitrogen functional groups attached to an aromatic ring is 1. The zero-order valence-corrected chi connectivity index (χ0v) is 11.7. The van der Waals surface area contributed by atoms with Crippen molar-refractivity contribution in [2.45, 2.75) is 0 Å². The lowest BCUT2D eigenvalue weighted by Crippen LogP contribution is -2.29. The van der Waals surface area contributed by atoms with Crippen LogP contribution in [0.3, 0.4) is 0 Å². The van der Waals surface area contributed by atoms with Gasteiger partial charge in [-0.2, -0.15) is 0 Å². The fourth-order valence-corrected chi connectivity index (χ4v) is 1.46. The normalized spacial score (nSPS) is 9.89. The maximum absolute atomic E-state index is 12.0. The van der Waals surface area contributed by atoms with Gasteiger partial charge in [0.2, 0.25) is 5.91 Å². The lowest BCUT2D eigenvalue weighted by atomic mass is 10.1. The second kappa shape index (κ2) is 6.08. The van der Waals surface area contributed by atoms with Gasteiger partial charge in [-0.3, -0.25) is 9.59 Å². The zero-order valence-electron chi connectivity index (χ0n) is 11.7. The highest BCUT2D eigenvalue weighted by Crippen LogP contribution is 2.20. The first-order valence-electron chi connectivity index (χ1n) is 5.88. The number of nitrogens with two attached hydrogens (primary N) is 1. The Morgan fingerprint density at radius 3 is 2.32 bits per heavy atom. The maximum Gasteiger partial charge on any atom is 0.255 e. The molecule has 0 aliphatic heterocycles. The number of carbonyl (C=O) groups excluding carboxylic acids is 2. The maximum atomic E-state index is 12.0. The van der Waals surface area contributed by atoms with Crippen LogP contribution in [0, 0.1) is 0 Å². The van der Waals surface area contributed by atoms with Crippen LogP contribution in [0.15, 0.2) is 18.2 Å². The Morgan fingerprint density at radius 1 is 1.16 bits per heavy atom. The summed E-state index contributed by atoms with van der Waals surface area (Å²) >= 11 is 0. The van der Waals surface area contributed by atoms with Crippen LogP contribution in [0.2, 0.25) is 0 Å². The molecule has 3 N–H and O–H groups in total. The van der Waals surface area contributed by atoms with Crippen molar-refractivity contribution >= 4 is 23.2 Å². The minimum Gasteiger partial charge on any atom is -0.399 e. The summed E-state index contributed by atoms with van der Waals surface area (Å²) in [6.45, 7) is 0.115. The Hall–Kier alpha value is -2.24. The molecule has 0 aliphatic carbocycles. The molecule has 104 valence electrons. The van der Waals surface area contributed by atoms with Gasteiger partial charge in [0.25, 0.3) is 5.91 Å². The van der Waals surface area contributed by atoms with E-state index in [2.05, 4.69) is 5.32 Å². The number of nitrogens with one attached hydrogen (secondary N) is 1. The topological polar surface area (TPSA) is 78.7 Å². The quantitative estimate of drug-likeness (QED) is 0.775. The van der Waals surface area contributed by atoms with Crippen LogP contribution >= 0.6 is 0 Å². The van der Waals surface area contributed by atoms with E-state index < -0.39 is 0 Å². The lowest BCUT2D eigenvalue weighted by molar-refractivity contribution is -0.126. The molecule has 0 fully saturated rings. The Bertz CT molecular complexity index is 484. The molecule has 1 aromatic rings. The first kappa shape index (κ1) is 14.8. The van der Waals surface area contributed by atoms with E-state index in [4.69, 9.17) is 5.73 Å². The van der Waals surface area contributed by atoms with E-state index in [-0.39, 0.29) is 18.4 Å². The van der Waals surface area contributed by atoms with E-state index in [1.165, 1.54) is 9.80 Å². The molecule has 0 radical (unpaired) electrons. The first-order chi connectivity index (χ1) is 8.82. The van der Waals surface area contributed by atoms with Gasteiger partial charge in [-0.25, -0.2) is 0 Å². The van der Waals surface area contributed by atoms with Gasteiger partial charge in [0.15, 0.2) is 0 Å². The van der Waals surface area contributed by atoms with E-state index in [0.717, 1.165) is 0 Å². The monoisotopic (exact) mass is 264 g/mol. The largest absolute Gasteiger partial charge is 0.399 e. The van der Waals surface area contributed by atoms with Gasteiger partial charge in [-0.1, -0.05) is 0 Å². The molecule has 0 bridgehead atoms. The summed E-state index contributed by atoms with van der Waals surface area (Å²) in [6, 6.07) is 4.97. The molecule has 6 nitrogen and oxygen atoms in total. The molecule has 0 unspecified atom stereocenters. The molecule has 0 aliphatic rings. The molecule has 6 heteroatoms. The Kier molecular flexibility index (Phi) is 4.74. The Labute approximate surface area is 113 Å². The molecule has 19 heavy (non-hydrogen) atoms. The highest BCUT2D eigenvalue weighted by Gasteiger charge is 2.14. The van der Waals surface area contributed by atoms with Gasteiger partial charge >= 0.3 is 0 Å². The molecule has 1 aromatic carbocycles. The molecule has 0 saturated heterocycles. The van der Waals surface area contributed by atoms with Crippen molar-refractivity contribution in [3.8, 4) is 0 Å². The summed E-state index contributed by atoms with van der Waals surface area (Å²) in [6.07, 6.45) is 0. The molecule has 0 saturated carbocycles. The van der Waals surface area contributed by atoms with Gasteiger partial charge < -0.3 is 20.9 Å². The fraction of sp³-hybridized carbons (Fsp3) is 0.385. The highest BCUT2D eigenvalue weighted by atomic mass is 16.2. The average Bonchev–Trinajstić information content (AvgIpc) is 2.34. The number of likely N-dealkylation sites (N-methyl/N-ethyl adjacent to an activating group) is 1. The zero-order chi connectivity index (χ0) is 14.6. The van der Waals surface area contributed by atoms with Gasteiger partial charge in [0.1, 0.15) is 0 Å². The van der Waals surface area contributed by atoms with E-state index in [1.54, 1.807) is 46.4 Å².